The number of rotatable bonds is 7. The van der Waals surface area contributed by atoms with E-state index in [9.17, 15) is 14.4 Å². The lowest BCUT2D eigenvalue weighted by Gasteiger charge is -2.05. The van der Waals surface area contributed by atoms with Crippen molar-refractivity contribution in [1.82, 2.24) is 4.98 Å². The molecular weight excluding hydrogens is 432 g/mol. The number of aliphatic carboxylic acids is 3. The third-order valence-corrected chi connectivity index (χ3v) is 4.32. The van der Waals surface area contributed by atoms with Gasteiger partial charge in [-0.25, -0.2) is 0 Å². The molecule has 0 fully saturated rings. The molecule has 2 atom stereocenters. The average Bonchev–Trinajstić information content (AvgIpc) is 3.19. The number of H-pyrrole nitrogens is 1. The minimum absolute atomic E-state index is 0.160. The Labute approximate surface area is 189 Å². The molecule has 178 valence electrons. The summed E-state index contributed by atoms with van der Waals surface area (Å²) in [5, 5.41) is 34.8. The van der Waals surface area contributed by atoms with Crippen molar-refractivity contribution in [3.05, 3.63) is 65.9 Å². The smallest absolute Gasteiger partial charge is 0.320 e. The quantitative estimate of drug-likeness (QED) is 0.243. The van der Waals surface area contributed by atoms with Crippen LogP contribution in [0.15, 0.2) is 54.7 Å². The maximum absolute atomic E-state index is 10.6. The number of aromatic nitrogens is 1. The van der Waals surface area contributed by atoms with Crippen LogP contribution in [0.4, 0.5) is 0 Å². The number of phenols is 1. The summed E-state index contributed by atoms with van der Waals surface area (Å²) in [6, 6.07) is 12.3. The lowest BCUT2D eigenvalue weighted by Crippen LogP contribution is -2.32. The second-order valence-electron chi connectivity index (χ2n) is 6.92. The molecule has 33 heavy (non-hydrogen) atoms. The van der Waals surface area contributed by atoms with Gasteiger partial charge in [-0.3, -0.25) is 14.4 Å². The summed E-state index contributed by atoms with van der Waals surface area (Å²) in [5.41, 5.74) is 18.1. The van der Waals surface area contributed by atoms with Gasteiger partial charge in [-0.05, 0) is 35.7 Å². The summed E-state index contributed by atoms with van der Waals surface area (Å²) in [4.78, 5) is 33.3. The van der Waals surface area contributed by atoms with Crippen molar-refractivity contribution in [1.29, 1.82) is 0 Å². The number of carbonyl (C=O) groups is 3. The highest BCUT2D eigenvalue weighted by atomic mass is 16.4. The van der Waals surface area contributed by atoms with Gasteiger partial charge in [0.05, 0.1) is 6.54 Å². The first-order chi connectivity index (χ1) is 15.5. The van der Waals surface area contributed by atoms with Crippen LogP contribution in [0.25, 0.3) is 10.9 Å². The zero-order chi connectivity index (χ0) is 25.0. The molecule has 3 aromatic rings. The summed E-state index contributed by atoms with van der Waals surface area (Å²) in [6.45, 7) is -0.278. The molecule has 0 radical (unpaired) electrons. The van der Waals surface area contributed by atoms with E-state index >= 15 is 0 Å². The topological polar surface area (TPSA) is 226 Å². The highest BCUT2D eigenvalue weighted by molar-refractivity contribution is 5.84. The summed E-state index contributed by atoms with van der Waals surface area (Å²) in [6.07, 6.45) is 2.43. The van der Waals surface area contributed by atoms with E-state index in [4.69, 9.17) is 31.9 Å². The number of benzene rings is 2. The Morgan fingerprint density at radius 1 is 0.848 bits per heavy atom. The third-order valence-electron chi connectivity index (χ3n) is 4.32. The van der Waals surface area contributed by atoms with Gasteiger partial charge in [0.2, 0.25) is 0 Å². The minimum atomic E-state index is -1.02. The third kappa shape index (κ3) is 9.82. The van der Waals surface area contributed by atoms with E-state index in [2.05, 4.69) is 10.7 Å². The van der Waals surface area contributed by atoms with Gasteiger partial charge in [0, 0.05) is 23.5 Å². The van der Waals surface area contributed by atoms with Gasteiger partial charge in [0.15, 0.2) is 0 Å². The number of carboxylic acid groups (broad SMARTS) is 3. The Balaban J connectivity index is 0.000000277. The molecule has 0 aliphatic rings. The Hall–Kier alpha value is -3.93. The van der Waals surface area contributed by atoms with Crippen molar-refractivity contribution >= 4 is 28.8 Å². The van der Waals surface area contributed by atoms with Crippen molar-refractivity contribution in [2.75, 3.05) is 6.54 Å². The number of para-hydroxylation sites is 1. The van der Waals surface area contributed by atoms with Gasteiger partial charge in [-0.15, -0.1) is 0 Å². The van der Waals surface area contributed by atoms with Crippen molar-refractivity contribution in [3.8, 4) is 5.75 Å². The monoisotopic (exact) mass is 460 g/mol. The average molecular weight is 460 g/mol. The van der Waals surface area contributed by atoms with E-state index in [1.165, 1.54) is 12.1 Å². The first kappa shape index (κ1) is 27.1. The van der Waals surface area contributed by atoms with Gasteiger partial charge < -0.3 is 42.6 Å². The summed E-state index contributed by atoms with van der Waals surface area (Å²) in [5.74, 6) is -2.80. The standard InChI is InChI=1S/C11H12N2O2.C9H11NO3.C2H5NO2/c12-9(11(14)15)5-7-6-13-10-4-2-1-3-8(7)10;10-8(9(12)13)5-6-1-3-7(11)4-2-6;3-1-2(4)5/h1-4,6,9,13H,5,12H2,(H,14,15);1-4,8,11H,5,10H2,(H,12,13);1,3H2,(H,4,5)/t9-;8-;/m00./s1. The molecule has 0 spiro atoms. The predicted octanol–water partition coefficient (Wildman–Crippen LogP) is 0.499. The Bertz CT molecular complexity index is 1050. The molecule has 0 saturated heterocycles. The maximum atomic E-state index is 10.6. The van der Waals surface area contributed by atoms with Gasteiger partial charge in [-0.2, -0.15) is 0 Å². The Morgan fingerprint density at radius 3 is 1.88 bits per heavy atom. The molecule has 11 heteroatoms. The summed E-state index contributed by atoms with van der Waals surface area (Å²) >= 11 is 0. The fourth-order valence-corrected chi connectivity index (χ4v) is 2.60. The lowest BCUT2D eigenvalue weighted by molar-refractivity contribution is -0.139. The molecule has 0 aliphatic heterocycles. The molecular formula is C22H28N4O7. The number of nitrogens with two attached hydrogens (primary N) is 3. The SMILES string of the molecule is NCC(=O)O.N[C@@H](Cc1c[nH]c2ccccc12)C(=O)O.N[C@@H](Cc1ccc(O)cc1)C(=O)O. The second-order valence-corrected chi connectivity index (χ2v) is 6.92. The first-order valence-electron chi connectivity index (χ1n) is 9.76. The minimum Gasteiger partial charge on any atom is -0.508 e. The summed E-state index contributed by atoms with van der Waals surface area (Å²) < 4.78 is 0. The zero-order valence-corrected chi connectivity index (χ0v) is 17.7. The molecule has 0 unspecified atom stereocenters. The van der Waals surface area contributed by atoms with Crippen molar-refractivity contribution in [3.63, 3.8) is 0 Å². The van der Waals surface area contributed by atoms with Crippen LogP contribution in [-0.4, -0.2) is 61.9 Å². The van der Waals surface area contributed by atoms with Gasteiger partial charge >= 0.3 is 17.9 Å². The van der Waals surface area contributed by atoms with Crippen LogP contribution in [-0.2, 0) is 27.2 Å². The van der Waals surface area contributed by atoms with E-state index in [0.29, 0.717) is 6.42 Å². The largest absolute Gasteiger partial charge is 0.508 e. The fraction of sp³-hybridized carbons (Fsp3) is 0.227. The number of fused-ring (bicyclic) bond motifs is 1. The van der Waals surface area contributed by atoms with Crippen LogP contribution >= 0.6 is 0 Å². The van der Waals surface area contributed by atoms with Crippen LogP contribution in [0.5, 0.6) is 5.75 Å². The van der Waals surface area contributed by atoms with E-state index in [0.717, 1.165) is 22.0 Å². The Kier molecular flexibility index (Phi) is 11.1. The molecule has 0 saturated carbocycles. The van der Waals surface area contributed by atoms with E-state index in [1.54, 1.807) is 12.1 Å². The first-order valence-corrected chi connectivity index (χ1v) is 9.76. The van der Waals surface area contributed by atoms with Crippen LogP contribution in [0.1, 0.15) is 11.1 Å². The molecule has 1 heterocycles. The number of aromatic hydroxyl groups is 1. The molecule has 0 aliphatic carbocycles. The van der Waals surface area contributed by atoms with Crippen LogP contribution in [0.2, 0.25) is 0 Å². The molecule has 3 rings (SSSR count). The van der Waals surface area contributed by atoms with E-state index in [-0.39, 0.29) is 18.7 Å². The van der Waals surface area contributed by atoms with E-state index in [1.807, 2.05) is 30.5 Å². The van der Waals surface area contributed by atoms with Gasteiger partial charge in [-0.1, -0.05) is 30.3 Å². The number of hydrogen-bond donors (Lipinski definition) is 8. The van der Waals surface area contributed by atoms with E-state index < -0.39 is 30.0 Å². The normalized spacial score (nSPS) is 11.8. The molecule has 11 nitrogen and oxygen atoms in total. The molecule has 11 N–H and O–H groups in total. The van der Waals surface area contributed by atoms with Crippen LogP contribution < -0.4 is 17.2 Å². The number of phenolic OH excluding ortho intramolecular Hbond substituents is 1. The predicted molar refractivity (Wildman–Crippen MR) is 122 cm³/mol. The zero-order valence-electron chi connectivity index (χ0n) is 17.7. The van der Waals surface area contributed by atoms with Crippen LogP contribution in [0, 0.1) is 0 Å². The fourth-order valence-electron chi connectivity index (χ4n) is 2.60. The molecule has 2 aromatic carbocycles. The second kappa shape index (κ2) is 13.5. The maximum Gasteiger partial charge on any atom is 0.320 e. The molecule has 0 bridgehead atoms. The van der Waals surface area contributed by atoms with Gasteiger partial charge in [0.1, 0.15) is 17.8 Å². The molecule has 1 aromatic heterocycles. The summed E-state index contributed by atoms with van der Waals surface area (Å²) in [7, 11) is 0. The molecule has 0 amide bonds. The Morgan fingerprint density at radius 2 is 1.36 bits per heavy atom. The van der Waals surface area contributed by atoms with Crippen LogP contribution in [0.3, 0.4) is 0 Å². The van der Waals surface area contributed by atoms with Crippen molar-refractivity contribution in [2.24, 2.45) is 17.2 Å². The number of nitrogens with one attached hydrogen (secondary N) is 1. The van der Waals surface area contributed by atoms with Crippen molar-refractivity contribution in [2.45, 2.75) is 24.9 Å². The highest BCUT2D eigenvalue weighted by Gasteiger charge is 2.14. The number of aromatic amines is 1. The lowest BCUT2D eigenvalue weighted by atomic mass is 10.1. The number of hydrogen-bond acceptors (Lipinski definition) is 7. The van der Waals surface area contributed by atoms with Crippen molar-refractivity contribution < 1.29 is 34.8 Å². The highest BCUT2D eigenvalue weighted by Crippen LogP contribution is 2.18. The van der Waals surface area contributed by atoms with Gasteiger partial charge in [0.25, 0.3) is 0 Å². The number of carboxylic acids is 3.